The van der Waals surface area contributed by atoms with Gasteiger partial charge in [-0.3, -0.25) is 0 Å². The highest BCUT2D eigenvalue weighted by molar-refractivity contribution is 6.02. The van der Waals surface area contributed by atoms with Gasteiger partial charge in [0.2, 0.25) is 0 Å². The number of hydrogen-bond donors (Lipinski definition) is 0. The predicted molar refractivity (Wildman–Crippen MR) is 72.7 cm³/mol. The van der Waals surface area contributed by atoms with Crippen LogP contribution in [0.4, 0.5) is 0 Å². The average Bonchev–Trinajstić information content (AvgIpc) is 2.76. The third-order valence-electron chi connectivity index (χ3n) is 3.16. The minimum atomic E-state index is -1.21. The number of nitrogens with zero attached hydrogens (tertiary/aromatic N) is 3. The van der Waals surface area contributed by atoms with Crippen LogP contribution in [0.1, 0.15) is 21.7 Å². The van der Waals surface area contributed by atoms with Crippen molar-refractivity contribution in [1.29, 1.82) is 0 Å². The lowest BCUT2D eigenvalue weighted by molar-refractivity contribution is -0.254. The molecule has 0 aliphatic rings. The summed E-state index contributed by atoms with van der Waals surface area (Å²) < 4.78 is 1.66. The van der Waals surface area contributed by atoms with E-state index < -0.39 is 5.97 Å². The number of hydrogen-bond acceptors (Lipinski definition) is 4. The number of aromatic carboxylic acids is 1. The van der Waals surface area contributed by atoms with Gasteiger partial charge in [0.1, 0.15) is 0 Å². The molecule has 3 rings (SSSR count). The Balaban J connectivity index is 2.40. The van der Waals surface area contributed by atoms with Crippen LogP contribution in [-0.2, 0) is 0 Å². The van der Waals surface area contributed by atoms with Gasteiger partial charge in [0.15, 0.2) is 5.65 Å². The average molecular weight is 266 g/mol. The Bertz CT molecular complexity index is 807. The molecule has 0 aliphatic carbocycles. The number of carbonyl (C=O) groups is 1. The van der Waals surface area contributed by atoms with E-state index in [1.807, 2.05) is 30.3 Å². The lowest BCUT2D eigenvalue weighted by atomic mass is 10.1. The molecule has 20 heavy (non-hydrogen) atoms. The molecule has 0 atom stereocenters. The first kappa shape index (κ1) is 12.3. The number of rotatable bonds is 2. The molecule has 0 radical (unpaired) electrons. The first-order valence-electron chi connectivity index (χ1n) is 6.21. The molecular formula is C15H12N3O2-. The standard InChI is InChI=1S/C15H13N3O2/c1-9-8-12(15(19)20)13-10(2)17-18(14(13)16-9)11-6-4-3-5-7-11/h3-8H,1-2H3,(H,19,20)/p-1. The molecule has 0 saturated carbocycles. The highest BCUT2D eigenvalue weighted by Crippen LogP contribution is 2.24. The molecule has 0 unspecified atom stereocenters. The summed E-state index contributed by atoms with van der Waals surface area (Å²) in [5, 5.41) is 16.2. The summed E-state index contributed by atoms with van der Waals surface area (Å²) in [6, 6.07) is 11.0. The normalized spacial score (nSPS) is 10.9. The van der Waals surface area contributed by atoms with Crippen LogP contribution in [0.2, 0.25) is 0 Å². The van der Waals surface area contributed by atoms with Crippen LogP contribution in [-0.4, -0.2) is 20.7 Å². The summed E-state index contributed by atoms with van der Waals surface area (Å²) in [4.78, 5) is 15.7. The van der Waals surface area contributed by atoms with E-state index >= 15 is 0 Å². The largest absolute Gasteiger partial charge is 0.545 e. The van der Waals surface area contributed by atoms with Crippen molar-refractivity contribution in [2.24, 2.45) is 0 Å². The van der Waals surface area contributed by atoms with Gasteiger partial charge in [0.05, 0.1) is 22.7 Å². The zero-order valence-corrected chi connectivity index (χ0v) is 11.1. The maximum atomic E-state index is 11.3. The maximum absolute atomic E-state index is 11.3. The minimum absolute atomic E-state index is 0.132. The number of carboxylic acids is 1. The van der Waals surface area contributed by atoms with Crippen LogP contribution in [0.5, 0.6) is 0 Å². The van der Waals surface area contributed by atoms with E-state index in [1.165, 1.54) is 6.07 Å². The van der Waals surface area contributed by atoms with Crippen molar-refractivity contribution >= 4 is 17.0 Å². The molecule has 0 saturated heterocycles. The van der Waals surface area contributed by atoms with Gasteiger partial charge in [-0.1, -0.05) is 18.2 Å². The van der Waals surface area contributed by atoms with Crippen LogP contribution >= 0.6 is 0 Å². The highest BCUT2D eigenvalue weighted by atomic mass is 16.4. The van der Waals surface area contributed by atoms with Crippen LogP contribution in [0.3, 0.4) is 0 Å². The fourth-order valence-electron chi connectivity index (χ4n) is 2.32. The van der Waals surface area contributed by atoms with Crippen molar-refractivity contribution < 1.29 is 9.90 Å². The fourth-order valence-corrected chi connectivity index (χ4v) is 2.32. The van der Waals surface area contributed by atoms with E-state index in [1.54, 1.807) is 18.5 Å². The van der Waals surface area contributed by atoms with E-state index in [-0.39, 0.29) is 5.56 Å². The van der Waals surface area contributed by atoms with Crippen molar-refractivity contribution in [2.75, 3.05) is 0 Å². The molecule has 0 bridgehead atoms. The zero-order valence-electron chi connectivity index (χ0n) is 11.1. The molecule has 0 fully saturated rings. The summed E-state index contributed by atoms with van der Waals surface area (Å²) in [6.07, 6.45) is 0. The Hall–Kier alpha value is -2.69. The van der Waals surface area contributed by atoms with E-state index in [0.717, 1.165) is 5.69 Å². The number of benzene rings is 1. The first-order chi connectivity index (χ1) is 9.58. The van der Waals surface area contributed by atoms with Gasteiger partial charge < -0.3 is 9.90 Å². The van der Waals surface area contributed by atoms with E-state index in [9.17, 15) is 9.90 Å². The molecule has 0 amide bonds. The Morgan fingerprint density at radius 1 is 1.20 bits per heavy atom. The second-order valence-corrected chi connectivity index (χ2v) is 4.63. The third-order valence-corrected chi connectivity index (χ3v) is 3.16. The van der Waals surface area contributed by atoms with Crippen LogP contribution in [0.15, 0.2) is 36.4 Å². The van der Waals surface area contributed by atoms with Gasteiger partial charge in [-0.15, -0.1) is 0 Å². The molecule has 0 N–H and O–H groups in total. The second kappa shape index (κ2) is 4.45. The SMILES string of the molecule is Cc1cc(C(=O)[O-])c2c(C)nn(-c3ccccc3)c2n1. The minimum Gasteiger partial charge on any atom is -0.545 e. The van der Waals surface area contributed by atoms with Crippen LogP contribution < -0.4 is 5.11 Å². The van der Waals surface area contributed by atoms with E-state index in [0.29, 0.717) is 22.4 Å². The lowest BCUT2D eigenvalue weighted by Gasteiger charge is -2.07. The van der Waals surface area contributed by atoms with Crippen molar-refractivity contribution in [1.82, 2.24) is 14.8 Å². The molecular weight excluding hydrogens is 254 g/mol. The number of aromatic nitrogens is 3. The quantitative estimate of drug-likeness (QED) is 0.703. The summed E-state index contributed by atoms with van der Waals surface area (Å²) >= 11 is 0. The van der Waals surface area contributed by atoms with Gasteiger partial charge in [0, 0.05) is 11.3 Å². The van der Waals surface area contributed by atoms with Crippen molar-refractivity contribution in [3.63, 3.8) is 0 Å². The molecule has 0 aliphatic heterocycles. The zero-order chi connectivity index (χ0) is 14.3. The predicted octanol–water partition coefficient (Wildman–Crippen LogP) is 1.40. The summed E-state index contributed by atoms with van der Waals surface area (Å²) in [5.41, 5.74) is 2.75. The number of aryl methyl sites for hydroxylation is 2. The monoisotopic (exact) mass is 266 g/mol. The molecule has 1 aromatic carbocycles. The van der Waals surface area contributed by atoms with Gasteiger partial charge in [-0.2, -0.15) is 5.10 Å². The van der Waals surface area contributed by atoms with Gasteiger partial charge >= 0.3 is 0 Å². The van der Waals surface area contributed by atoms with E-state index in [2.05, 4.69) is 10.1 Å². The van der Waals surface area contributed by atoms with Crippen molar-refractivity contribution in [3.8, 4) is 5.69 Å². The second-order valence-electron chi connectivity index (χ2n) is 4.63. The number of carboxylic acid groups (broad SMARTS) is 1. The van der Waals surface area contributed by atoms with Gasteiger partial charge in [-0.05, 0) is 32.0 Å². The number of fused-ring (bicyclic) bond motifs is 1. The molecule has 5 heteroatoms. The topological polar surface area (TPSA) is 70.8 Å². The lowest BCUT2D eigenvalue weighted by Crippen LogP contribution is -2.23. The van der Waals surface area contributed by atoms with Crippen molar-refractivity contribution in [2.45, 2.75) is 13.8 Å². The Morgan fingerprint density at radius 2 is 1.90 bits per heavy atom. The van der Waals surface area contributed by atoms with Gasteiger partial charge in [-0.25, -0.2) is 9.67 Å². The van der Waals surface area contributed by atoms with Crippen LogP contribution in [0, 0.1) is 13.8 Å². The summed E-state index contributed by atoms with van der Waals surface area (Å²) in [7, 11) is 0. The van der Waals surface area contributed by atoms with Crippen molar-refractivity contribution in [3.05, 3.63) is 53.3 Å². The maximum Gasteiger partial charge on any atom is 0.164 e. The van der Waals surface area contributed by atoms with E-state index in [4.69, 9.17) is 0 Å². The Kier molecular flexibility index (Phi) is 2.75. The molecule has 2 heterocycles. The van der Waals surface area contributed by atoms with Gasteiger partial charge in [0.25, 0.3) is 0 Å². The Morgan fingerprint density at radius 3 is 2.55 bits per heavy atom. The number of pyridine rings is 1. The molecule has 0 spiro atoms. The van der Waals surface area contributed by atoms with Crippen LogP contribution in [0.25, 0.3) is 16.7 Å². The summed E-state index contributed by atoms with van der Waals surface area (Å²) in [6.45, 7) is 3.52. The molecule has 5 nitrogen and oxygen atoms in total. The third kappa shape index (κ3) is 1.84. The highest BCUT2D eigenvalue weighted by Gasteiger charge is 2.15. The first-order valence-corrected chi connectivity index (χ1v) is 6.21. The number of carbonyl (C=O) groups excluding carboxylic acids is 1. The fraction of sp³-hybridized carbons (Fsp3) is 0.133. The molecule has 100 valence electrons. The molecule has 3 aromatic rings. The molecule has 2 aromatic heterocycles. The summed E-state index contributed by atoms with van der Waals surface area (Å²) in [5.74, 6) is -1.21. The Labute approximate surface area is 115 Å². The number of para-hydroxylation sites is 1. The smallest absolute Gasteiger partial charge is 0.164 e.